The highest BCUT2D eigenvalue weighted by atomic mass is 32.2. The number of ether oxygens (including phenoxy) is 1. The Bertz CT molecular complexity index is 632. The van der Waals surface area contributed by atoms with Crippen LogP contribution in [0, 0.1) is 5.82 Å². The summed E-state index contributed by atoms with van der Waals surface area (Å²) in [6.45, 7) is 1.24. The Labute approximate surface area is 116 Å². The Morgan fingerprint density at radius 2 is 2.20 bits per heavy atom. The zero-order valence-electron chi connectivity index (χ0n) is 11.1. The highest BCUT2D eigenvalue weighted by Gasteiger charge is 2.33. The second kappa shape index (κ2) is 5.37. The van der Waals surface area contributed by atoms with E-state index in [-0.39, 0.29) is 23.7 Å². The predicted molar refractivity (Wildman–Crippen MR) is 72.6 cm³/mol. The Kier molecular flexibility index (Phi) is 3.96. The number of carbonyl (C=O) groups is 1. The Morgan fingerprint density at radius 3 is 2.85 bits per heavy atom. The van der Waals surface area contributed by atoms with Crippen LogP contribution in [0.3, 0.4) is 0 Å². The minimum atomic E-state index is -3.78. The number of rotatable bonds is 4. The van der Waals surface area contributed by atoms with Crippen molar-refractivity contribution in [1.82, 2.24) is 0 Å². The number of carbonyl (C=O) groups excluding carboxylic acids is 1. The summed E-state index contributed by atoms with van der Waals surface area (Å²) in [5, 5.41) is 2.35. The van der Waals surface area contributed by atoms with Crippen LogP contribution in [0.15, 0.2) is 18.2 Å². The lowest BCUT2D eigenvalue weighted by Crippen LogP contribution is -2.45. The molecule has 1 atom stereocenters. The van der Waals surface area contributed by atoms with E-state index >= 15 is 0 Å². The standard InChI is InChI=1S/C12H15FN2O4S/c1-8(19-2)7-20(17,18)15-6-11(16)14-12-9(13)4-3-5-10(12)15/h3-5,8H,6-7H2,1-2H3,(H,14,16). The summed E-state index contributed by atoms with van der Waals surface area (Å²) >= 11 is 0. The number of methoxy groups -OCH3 is 1. The summed E-state index contributed by atoms with van der Waals surface area (Å²) in [4.78, 5) is 11.6. The summed E-state index contributed by atoms with van der Waals surface area (Å²) in [6, 6.07) is 4.01. The smallest absolute Gasteiger partial charge is 0.245 e. The Morgan fingerprint density at radius 1 is 1.50 bits per heavy atom. The molecule has 0 aliphatic carbocycles. The fourth-order valence-corrected chi connectivity index (χ4v) is 3.62. The Balaban J connectivity index is 2.44. The van der Waals surface area contributed by atoms with Crippen molar-refractivity contribution in [3.8, 4) is 0 Å². The molecule has 0 aromatic heterocycles. The fourth-order valence-electron chi connectivity index (χ4n) is 1.94. The van der Waals surface area contributed by atoms with Gasteiger partial charge >= 0.3 is 0 Å². The number of hydrogen-bond acceptors (Lipinski definition) is 4. The molecule has 110 valence electrons. The number of hydrogen-bond donors (Lipinski definition) is 1. The van der Waals surface area contributed by atoms with E-state index in [0.29, 0.717) is 0 Å². The highest BCUT2D eigenvalue weighted by Crippen LogP contribution is 2.33. The first-order chi connectivity index (χ1) is 9.35. The van der Waals surface area contributed by atoms with Crippen LogP contribution in [-0.2, 0) is 19.6 Å². The van der Waals surface area contributed by atoms with Crippen molar-refractivity contribution in [2.75, 3.05) is 29.0 Å². The average Bonchev–Trinajstić information content (AvgIpc) is 2.38. The largest absolute Gasteiger partial charge is 0.381 e. The van der Waals surface area contributed by atoms with Gasteiger partial charge in [0, 0.05) is 7.11 Å². The third-order valence-electron chi connectivity index (χ3n) is 3.00. The van der Waals surface area contributed by atoms with Crippen LogP contribution in [-0.4, -0.2) is 39.8 Å². The van der Waals surface area contributed by atoms with Crippen LogP contribution in [0.4, 0.5) is 15.8 Å². The lowest BCUT2D eigenvalue weighted by atomic mass is 10.2. The number of nitrogens with zero attached hydrogens (tertiary/aromatic N) is 1. The lowest BCUT2D eigenvalue weighted by Gasteiger charge is -2.30. The molecule has 0 saturated heterocycles. The van der Waals surface area contributed by atoms with Gasteiger partial charge in [-0.1, -0.05) is 6.07 Å². The first kappa shape index (κ1) is 14.7. The molecule has 1 aliphatic rings. The maximum atomic E-state index is 13.7. The number of anilines is 2. The van der Waals surface area contributed by atoms with E-state index in [1.807, 2.05) is 0 Å². The van der Waals surface area contributed by atoms with Gasteiger partial charge in [-0.2, -0.15) is 0 Å². The maximum Gasteiger partial charge on any atom is 0.245 e. The van der Waals surface area contributed by atoms with Gasteiger partial charge in [-0.3, -0.25) is 9.10 Å². The van der Waals surface area contributed by atoms with Gasteiger partial charge in [0.1, 0.15) is 18.0 Å². The number of benzene rings is 1. The van der Waals surface area contributed by atoms with Crippen LogP contribution in [0.2, 0.25) is 0 Å². The van der Waals surface area contributed by atoms with E-state index in [1.54, 1.807) is 6.92 Å². The third-order valence-corrected chi connectivity index (χ3v) is 4.88. The zero-order valence-corrected chi connectivity index (χ0v) is 11.9. The zero-order chi connectivity index (χ0) is 14.9. The number of fused-ring (bicyclic) bond motifs is 1. The number of nitrogens with one attached hydrogen (secondary N) is 1. The Hall–Kier alpha value is -1.67. The molecule has 0 saturated carbocycles. The molecular weight excluding hydrogens is 287 g/mol. The van der Waals surface area contributed by atoms with Gasteiger partial charge in [0.05, 0.1) is 17.5 Å². The summed E-state index contributed by atoms with van der Waals surface area (Å²) in [5.41, 5.74) is 0.0188. The van der Waals surface area contributed by atoms with Crippen molar-refractivity contribution < 1.29 is 22.3 Å². The fraction of sp³-hybridized carbons (Fsp3) is 0.417. The molecule has 1 aliphatic heterocycles. The van der Waals surface area contributed by atoms with Gasteiger partial charge in [-0.05, 0) is 19.1 Å². The highest BCUT2D eigenvalue weighted by molar-refractivity contribution is 7.92. The van der Waals surface area contributed by atoms with Crippen molar-refractivity contribution >= 4 is 27.3 Å². The van der Waals surface area contributed by atoms with E-state index in [9.17, 15) is 17.6 Å². The molecule has 0 fully saturated rings. The van der Waals surface area contributed by atoms with Gasteiger partial charge in [0.25, 0.3) is 0 Å². The van der Waals surface area contributed by atoms with Crippen molar-refractivity contribution in [2.45, 2.75) is 13.0 Å². The quantitative estimate of drug-likeness (QED) is 0.898. The SMILES string of the molecule is COC(C)CS(=O)(=O)N1CC(=O)Nc2c(F)cccc21. The minimum Gasteiger partial charge on any atom is -0.381 e. The molecular formula is C12H15FN2O4S. The molecule has 1 N–H and O–H groups in total. The van der Waals surface area contributed by atoms with E-state index in [2.05, 4.69) is 5.32 Å². The molecule has 1 aromatic carbocycles. The van der Waals surface area contributed by atoms with Gasteiger partial charge in [0.2, 0.25) is 15.9 Å². The van der Waals surface area contributed by atoms with Crippen molar-refractivity contribution in [3.63, 3.8) is 0 Å². The summed E-state index contributed by atoms with van der Waals surface area (Å²) in [7, 11) is -2.38. The van der Waals surface area contributed by atoms with Gasteiger partial charge in [-0.25, -0.2) is 12.8 Å². The molecule has 8 heteroatoms. The molecule has 0 spiro atoms. The molecule has 1 unspecified atom stereocenters. The van der Waals surface area contributed by atoms with Crippen molar-refractivity contribution in [2.24, 2.45) is 0 Å². The number of para-hydroxylation sites is 1. The van der Waals surface area contributed by atoms with Crippen LogP contribution in [0.5, 0.6) is 0 Å². The topological polar surface area (TPSA) is 75.7 Å². The molecule has 0 bridgehead atoms. The monoisotopic (exact) mass is 302 g/mol. The third kappa shape index (κ3) is 2.75. The van der Waals surface area contributed by atoms with E-state index in [1.165, 1.54) is 19.2 Å². The van der Waals surface area contributed by atoms with Crippen LogP contribution in [0.25, 0.3) is 0 Å². The van der Waals surface area contributed by atoms with Gasteiger partial charge in [-0.15, -0.1) is 0 Å². The molecule has 0 radical (unpaired) electrons. The second-order valence-electron chi connectivity index (χ2n) is 4.51. The summed E-state index contributed by atoms with van der Waals surface area (Å²) < 4.78 is 44.2. The van der Waals surface area contributed by atoms with Crippen LogP contribution >= 0.6 is 0 Å². The van der Waals surface area contributed by atoms with Crippen molar-refractivity contribution in [1.29, 1.82) is 0 Å². The number of halogens is 1. The van der Waals surface area contributed by atoms with Gasteiger partial charge in [0.15, 0.2) is 0 Å². The summed E-state index contributed by atoms with van der Waals surface area (Å²) in [6.07, 6.45) is -0.526. The first-order valence-corrected chi connectivity index (χ1v) is 7.57. The second-order valence-corrected chi connectivity index (χ2v) is 6.45. The molecule has 1 heterocycles. The predicted octanol–water partition coefficient (Wildman–Crippen LogP) is 0.949. The van der Waals surface area contributed by atoms with Gasteiger partial charge < -0.3 is 10.1 Å². The van der Waals surface area contributed by atoms with E-state index in [4.69, 9.17) is 4.74 Å². The average molecular weight is 302 g/mol. The van der Waals surface area contributed by atoms with Crippen LogP contribution in [0.1, 0.15) is 6.92 Å². The molecule has 20 heavy (non-hydrogen) atoms. The van der Waals surface area contributed by atoms with Crippen molar-refractivity contribution in [3.05, 3.63) is 24.0 Å². The lowest BCUT2D eigenvalue weighted by molar-refractivity contribution is -0.115. The number of amides is 1. The molecule has 6 nitrogen and oxygen atoms in total. The first-order valence-electron chi connectivity index (χ1n) is 5.96. The summed E-state index contributed by atoms with van der Waals surface area (Å²) in [5.74, 6) is -1.53. The minimum absolute atomic E-state index is 0.114. The van der Waals surface area contributed by atoms with E-state index < -0.39 is 27.9 Å². The maximum absolute atomic E-state index is 13.7. The van der Waals surface area contributed by atoms with Crippen LogP contribution < -0.4 is 9.62 Å². The van der Waals surface area contributed by atoms with E-state index in [0.717, 1.165) is 10.4 Å². The molecule has 2 rings (SSSR count). The number of sulfonamides is 1. The molecule has 1 aromatic rings. The molecule has 1 amide bonds. The normalized spacial score (nSPS) is 16.6.